The van der Waals surface area contributed by atoms with Gasteiger partial charge in [-0.15, -0.1) is 0 Å². The van der Waals surface area contributed by atoms with Gasteiger partial charge in [0.25, 0.3) is 5.91 Å². The minimum absolute atomic E-state index is 0.183. The van der Waals surface area contributed by atoms with Gasteiger partial charge >= 0.3 is 0 Å². The minimum atomic E-state index is -3.75. The highest BCUT2D eigenvalue weighted by Crippen LogP contribution is 2.43. The molecule has 1 amide bonds. The maximum absolute atomic E-state index is 13.7. The second kappa shape index (κ2) is 10.6. The number of hydrogen-bond donors (Lipinski definition) is 2. The van der Waals surface area contributed by atoms with E-state index in [1.165, 1.54) is 44.3 Å². The summed E-state index contributed by atoms with van der Waals surface area (Å²) in [6.07, 6.45) is 0.802. The molecule has 0 aliphatic carbocycles. The summed E-state index contributed by atoms with van der Waals surface area (Å²) in [7, 11) is -2.26. The lowest BCUT2D eigenvalue weighted by Crippen LogP contribution is -2.18. The van der Waals surface area contributed by atoms with Crippen LogP contribution in [0.3, 0.4) is 0 Å². The van der Waals surface area contributed by atoms with Crippen LogP contribution < -0.4 is 14.8 Å². The molecule has 0 spiro atoms. The Kier molecular flexibility index (Phi) is 6.66. The van der Waals surface area contributed by atoms with Gasteiger partial charge in [0, 0.05) is 40.6 Å². The van der Waals surface area contributed by atoms with Crippen LogP contribution in [0.2, 0.25) is 0 Å². The highest BCUT2D eigenvalue weighted by molar-refractivity contribution is 7.92. The molecule has 0 radical (unpaired) electrons. The third-order valence-electron chi connectivity index (χ3n) is 7.87. The molecule has 3 aromatic heterocycles. The average Bonchev–Trinajstić information content (AvgIpc) is 3.62. The van der Waals surface area contributed by atoms with Gasteiger partial charge in [0.05, 0.1) is 33.9 Å². The zero-order valence-electron chi connectivity index (χ0n) is 24.0. The van der Waals surface area contributed by atoms with Crippen LogP contribution in [-0.2, 0) is 16.8 Å². The number of halogens is 1. The zero-order valence-corrected chi connectivity index (χ0v) is 24.9. The fourth-order valence-corrected chi connectivity index (χ4v) is 6.26. The monoisotopic (exact) mass is 624 g/mol. The number of aldehydes is 1. The van der Waals surface area contributed by atoms with Crippen molar-refractivity contribution in [2.24, 2.45) is 0 Å². The number of nitrogens with one attached hydrogen (secondary N) is 2. The van der Waals surface area contributed by atoms with Crippen LogP contribution in [0.5, 0.6) is 5.75 Å². The third kappa shape index (κ3) is 4.70. The van der Waals surface area contributed by atoms with Gasteiger partial charge in [-0.3, -0.25) is 14.3 Å². The fraction of sp³-hybridized carbons (Fsp3) is 0.121. The number of amides is 1. The van der Waals surface area contributed by atoms with Crippen LogP contribution in [0, 0.1) is 5.82 Å². The van der Waals surface area contributed by atoms with Crippen LogP contribution in [0.4, 0.5) is 10.1 Å². The van der Waals surface area contributed by atoms with Crippen LogP contribution >= 0.6 is 0 Å². The molecule has 1 aliphatic rings. The Morgan fingerprint density at radius 2 is 1.87 bits per heavy atom. The van der Waals surface area contributed by atoms with E-state index in [0.717, 1.165) is 22.9 Å². The predicted molar refractivity (Wildman–Crippen MR) is 168 cm³/mol. The van der Waals surface area contributed by atoms with Crippen LogP contribution in [0.25, 0.3) is 55.8 Å². The maximum atomic E-state index is 13.7. The van der Waals surface area contributed by atoms with E-state index < -0.39 is 21.7 Å². The van der Waals surface area contributed by atoms with Gasteiger partial charge in [0.1, 0.15) is 28.6 Å². The standard InChI is InChI=1S/C33H25FN4O6S/c1-3-45(41,42)37-25-15-29-23(30(33(40)35-2)32(44-29)18-7-9-20(34)10-8-18)13-22(25)24-11-12-28-31(36-24)27-14-21-19(16-39)5-4-6-26(21)38(27)17-43-28/h4-16,37H,3,17H2,1-2H3,(H,35,40). The van der Waals surface area contributed by atoms with Crippen LogP contribution in [0.15, 0.2) is 77.2 Å². The molecule has 0 unspecified atom stereocenters. The quantitative estimate of drug-likeness (QED) is 0.202. The Bertz CT molecular complexity index is 2290. The summed E-state index contributed by atoms with van der Waals surface area (Å²) in [5.41, 5.74) is 4.47. The summed E-state index contributed by atoms with van der Waals surface area (Å²) in [6.45, 7) is 1.74. The van der Waals surface area contributed by atoms with Gasteiger partial charge in [-0.2, -0.15) is 0 Å². The van der Waals surface area contributed by atoms with E-state index in [1.54, 1.807) is 30.3 Å². The summed E-state index contributed by atoms with van der Waals surface area (Å²) >= 11 is 0. The highest BCUT2D eigenvalue weighted by atomic mass is 32.2. The number of benzene rings is 3. The Balaban J connectivity index is 1.47. The van der Waals surface area contributed by atoms with Gasteiger partial charge in [0.2, 0.25) is 10.0 Å². The molecular weight excluding hydrogens is 599 g/mol. The zero-order chi connectivity index (χ0) is 31.5. The summed E-state index contributed by atoms with van der Waals surface area (Å²) < 4.78 is 56.0. The number of furan rings is 1. The molecule has 226 valence electrons. The van der Waals surface area contributed by atoms with E-state index in [1.807, 2.05) is 16.7 Å². The molecule has 2 N–H and O–H groups in total. The van der Waals surface area contributed by atoms with E-state index >= 15 is 0 Å². The van der Waals surface area contributed by atoms with E-state index in [9.17, 15) is 22.4 Å². The van der Waals surface area contributed by atoms with Gasteiger partial charge in [-0.05, 0) is 61.5 Å². The summed E-state index contributed by atoms with van der Waals surface area (Å²) in [6, 6.07) is 19.5. The number of carbonyl (C=O) groups excluding carboxylic acids is 2. The van der Waals surface area contributed by atoms with Gasteiger partial charge in [-0.25, -0.2) is 17.8 Å². The van der Waals surface area contributed by atoms with Crippen molar-refractivity contribution in [2.75, 3.05) is 17.5 Å². The van der Waals surface area contributed by atoms with Crippen molar-refractivity contribution < 1.29 is 31.6 Å². The first-order valence-corrected chi connectivity index (χ1v) is 15.7. The second-order valence-corrected chi connectivity index (χ2v) is 12.5. The molecule has 0 saturated carbocycles. The number of ether oxygens (including phenoxy) is 1. The van der Waals surface area contributed by atoms with E-state index in [0.29, 0.717) is 39.2 Å². The normalized spacial score (nSPS) is 12.4. The number of aromatic nitrogens is 2. The highest BCUT2D eigenvalue weighted by Gasteiger charge is 2.27. The number of pyridine rings is 1. The van der Waals surface area contributed by atoms with Gasteiger partial charge in [0.15, 0.2) is 13.0 Å². The molecule has 0 bridgehead atoms. The molecule has 12 heteroatoms. The molecule has 10 nitrogen and oxygen atoms in total. The number of sulfonamides is 1. The molecule has 4 heterocycles. The van der Waals surface area contributed by atoms with Crippen molar-refractivity contribution in [2.45, 2.75) is 13.7 Å². The Labute approximate surface area is 256 Å². The number of carbonyl (C=O) groups is 2. The van der Waals surface area contributed by atoms with Crippen molar-refractivity contribution in [3.8, 4) is 39.7 Å². The van der Waals surface area contributed by atoms with Gasteiger partial charge < -0.3 is 19.0 Å². The topological polar surface area (TPSA) is 133 Å². The average molecular weight is 625 g/mol. The predicted octanol–water partition coefficient (Wildman–Crippen LogP) is 6.21. The second-order valence-electron chi connectivity index (χ2n) is 10.5. The molecule has 45 heavy (non-hydrogen) atoms. The third-order valence-corrected chi connectivity index (χ3v) is 9.16. The Morgan fingerprint density at radius 3 is 2.60 bits per heavy atom. The molecule has 6 aromatic rings. The van der Waals surface area contributed by atoms with E-state index in [-0.39, 0.29) is 35.1 Å². The van der Waals surface area contributed by atoms with E-state index in [4.69, 9.17) is 14.1 Å². The Morgan fingerprint density at radius 1 is 1.07 bits per heavy atom. The van der Waals surface area contributed by atoms with Crippen molar-refractivity contribution >= 4 is 49.8 Å². The number of hydrogen-bond acceptors (Lipinski definition) is 7. The van der Waals surface area contributed by atoms with Crippen LogP contribution in [-0.4, -0.2) is 43.0 Å². The molecule has 0 atom stereocenters. The van der Waals surface area contributed by atoms with Crippen molar-refractivity contribution in [3.63, 3.8) is 0 Å². The lowest BCUT2D eigenvalue weighted by atomic mass is 10.0. The summed E-state index contributed by atoms with van der Waals surface area (Å²) in [4.78, 5) is 29.9. The first kappa shape index (κ1) is 28.3. The largest absolute Gasteiger partial charge is 0.470 e. The molecule has 0 saturated heterocycles. The first-order chi connectivity index (χ1) is 21.7. The molecule has 3 aromatic carbocycles. The van der Waals surface area contributed by atoms with Crippen molar-refractivity contribution in [3.05, 3.63) is 89.7 Å². The van der Waals surface area contributed by atoms with Crippen LogP contribution in [0.1, 0.15) is 27.6 Å². The molecule has 1 aliphatic heterocycles. The van der Waals surface area contributed by atoms with Gasteiger partial charge in [-0.1, -0.05) is 12.1 Å². The number of nitrogens with zero attached hydrogens (tertiary/aromatic N) is 2. The molecule has 0 fully saturated rings. The maximum Gasteiger partial charge on any atom is 0.255 e. The first-order valence-electron chi connectivity index (χ1n) is 14.0. The molecule has 7 rings (SSSR count). The number of rotatable bonds is 7. The Hall–Kier alpha value is -5.49. The lowest BCUT2D eigenvalue weighted by molar-refractivity contribution is 0.0964. The lowest BCUT2D eigenvalue weighted by Gasteiger charge is -2.21. The van der Waals surface area contributed by atoms with E-state index in [2.05, 4.69) is 10.0 Å². The summed E-state index contributed by atoms with van der Waals surface area (Å²) in [5.74, 6) is -0.348. The smallest absolute Gasteiger partial charge is 0.255 e. The van der Waals surface area contributed by atoms with Crippen molar-refractivity contribution in [1.82, 2.24) is 14.9 Å². The van der Waals surface area contributed by atoms with Crippen molar-refractivity contribution in [1.29, 1.82) is 0 Å². The fourth-order valence-electron chi connectivity index (χ4n) is 5.61. The minimum Gasteiger partial charge on any atom is -0.470 e. The number of fused-ring (bicyclic) bond motifs is 6. The molecular formula is C33H25FN4O6S. The summed E-state index contributed by atoms with van der Waals surface area (Å²) in [5, 5.41) is 3.79. The SMILES string of the molecule is CCS(=O)(=O)Nc1cc2oc(-c3ccc(F)cc3)c(C(=O)NC)c2cc1-c1ccc2c(n1)-c1cc3c(C=O)cccc3n1CO2. The number of anilines is 1.